The van der Waals surface area contributed by atoms with Crippen LogP contribution < -0.4 is 10.1 Å². The maximum absolute atomic E-state index is 13.1. The molecule has 3 heterocycles. The number of amides is 2. The first-order valence-corrected chi connectivity index (χ1v) is 10.4. The Morgan fingerprint density at radius 2 is 2.09 bits per heavy atom. The number of carbonyl (C=O) groups excluding carboxylic acids is 1. The molecule has 3 N–H and O–H groups in total. The highest BCUT2D eigenvalue weighted by Crippen LogP contribution is 2.29. The lowest BCUT2D eigenvalue weighted by molar-refractivity contribution is 0.102. The van der Waals surface area contributed by atoms with Gasteiger partial charge in [-0.3, -0.25) is 4.79 Å². The summed E-state index contributed by atoms with van der Waals surface area (Å²) in [4.78, 5) is 30.2. The molecular formula is C22H24N6O5. The molecule has 2 aromatic heterocycles. The van der Waals surface area contributed by atoms with Crippen LogP contribution in [0, 0.1) is 0 Å². The van der Waals surface area contributed by atoms with E-state index in [1.807, 2.05) is 6.92 Å². The van der Waals surface area contributed by atoms with Crippen molar-refractivity contribution in [2.45, 2.75) is 25.9 Å². The summed E-state index contributed by atoms with van der Waals surface area (Å²) in [5.41, 5.74) is 2.49. The first kappa shape index (κ1) is 22.2. The van der Waals surface area contributed by atoms with Crippen molar-refractivity contribution in [2.75, 3.05) is 25.6 Å². The zero-order valence-electron chi connectivity index (χ0n) is 18.2. The molecular weight excluding hydrogens is 428 g/mol. The maximum Gasteiger partial charge on any atom is 0.407 e. The van der Waals surface area contributed by atoms with E-state index in [1.165, 1.54) is 18.3 Å². The van der Waals surface area contributed by atoms with Crippen molar-refractivity contribution in [1.29, 1.82) is 0 Å². The molecule has 0 radical (unpaired) electrons. The fourth-order valence-electron chi connectivity index (χ4n) is 3.75. The van der Waals surface area contributed by atoms with E-state index in [2.05, 4.69) is 20.5 Å². The van der Waals surface area contributed by atoms with Crippen molar-refractivity contribution in [1.82, 2.24) is 24.6 Å². The number of benzene rings is 1. The summed E-state index contributed by atoms with van der Waals surface area (Å²) < 4.78 is 7.13. The van der Waals surface area contributed by atoms with Gasteiger partial charge in [-0.05, 0) is 48.7 Å². The first-order valence-electron chi connectivity index (χ1n) is 10.4. The van der Waals surface area contributed by atoms with Gasteiger partial charge in [-0.1, -0.05) is 6.07 Å². The highest BCUT2D eigenvalue weighted by atomic mass is 16.5. The third kappa shape index (κ3) is 4.48. The Morgan fingerprint density at radius 1 is 1.27 bits per heavy atom. The Hall–Kier alpha value is -3.99. The number of nitrogens with one attached hydrogen (secondary N) is 1. The van der Waals surface area contributed by atoms with Crippen LogP contribution in [0.3, 0.4) is 0 Å². The van der Waals surface area contributed by atoms with Gasteiger partial charge >= 0.3 is 6.09 Å². The van der Waals surface area contributed by atoms with Gasteiger partial charge in [0.25, 0.3) is 5.91 Å². The molecule has 0 saturated carbocycles. The van der Waals surface area contributed by atoms with Gasteiger partial charge in [-0.2, -0.15) is 0 Å². The summed E-state index contributed by atoms with van der Waals surface area (Å²) >= 11 is 0. The molecule has 1 aliphatic rings. The third-order valence-electron chi connectivity index (χ3n) is 5.58. The molecule has 33 heavy (non-hydrogen) atoms. The second kappa shape index (κ2) is 9.25. The van der Waals surface area contributed by atoms with E-state index in [0.29, 0.717) is 36.1 Å². The number of carboxylic acid groups (broad SMARTS) is 1. The maximum atomic E-state index is 13.1. The number of fused-ring (bicyclic) bond motifs is 1. The normalized spacial score (nSPS) is 13.8. The number of hydrogen-bond acceptors (Lipinski definition) is 7. The van der Waals surface area contributed by atoms with Gasteiger partial charge in [0.05, 0.1) is 25.3 Å². The van der Waals surface area contributed by atoms with Crippen LogP contribution in [-0.2, 0) is 13.0 Å². The number of pyridine rings is 1. The second-order valence-corrected chi connectivity index (χ2v) is 7.73. The number of rotatable bonds is 6. The van der Waals surface area contributed by atoms with Crippen molar-refractivity contribution in [2.24, 2.45) is 0 Å². The van der Waals surface area contributed by atoms with Crippen LogP contribution in [0.25, 0.3) is 11.5 Å². The number of aromatic nitrogens is 4. The van der Waals surface area contributed by atoms with Crippen molar-refractivity contribution in [3.63, 3.8) is 0 Å². The Labute approximate surface area is 189 Å². The number of anilines is 1. The molecule has 0 saturated heterocycles. The van der Waals surface area contributed by atoms with Gasteiger partial charge in [0, 0.05) is 13.1 Å². The highest BCUT2D eigenvalue weighted by Gasteiger charge is 2.24. The van der Waals surface area contributed by atoms with Crippen LogP contribution in [0.1, 0.15) is 34.5 Å². The zero-order valence-corrected chi connectivity index (χ0v) is 18.2. The van der Waals surface area contributed by atoms with Crippen LogP contribution in [0.4, 0.5) is 10.6 Å². The number of methoxy groups -OCH3 is 1. The lowest BCUT2D eigenvalue weighted by Gasteiger charge is -2.27. The summed E-state index contributed by atoms with van der Waals surface area (Å²) in [6.07, 6.45) is 1.07. The standard InChI is InChI=1S/C22H24N6O5/c1-13(11-29)28-12-23-26-20(28)17-4-3-5-19(24-17)25-21(30)16-8-15-10-27(22(31)32)7-6-14(15)9-18(16)33-2/h3-5,8-9,12-13,29H,6-7,10-11H2,1-2H3,(H,31,32)(H,24,25,30)/t13-/m1/s1. The van der Waals surface area contributed by atoms with Gasteiger partial charge in [-0.15, -0.1) is 10.2 Å². The van der Waals surface area contributed by atoms with E-state index >= 15 is 0 Å². The summed E-state index contributed by atoms with van der Waals surface area (Å²) in [7, 11) is 1.49. The minimum atomic E-state index is -0.994. The highest BCUT2D eigenvalue weighted by molar-refractivity contribution is 6.06. The number of aliphatic hydroxyl groups is 1. The Bertz CT molecular complexity index is 1190. The van der Waals surface area contributed by atoms with Gasteiger partial charge in [-0.25, -0.2) is 9.78 Å². The van der Waals surface area contributed by atoms with Gasteiger partial charge in [0.2, 0.25) is 0 Å². The number of aliphatic hydroxyl groups excluding tert-OH is 1. The summed E-state index contributed by atoms with van der Waals surface area (Å²) in [6.45, 7) is 2.35. The Morgan fingerprint density at radius 3 is 2.82 bits per heavy atom. The molecule has 0 spiro atoms. The fraction of sp³-hybridized carbons (Fsp3) is 0.318. The monoisotopic (exact) mass is 452 g/mol. The van der Waals surface area contributed by atoms with E-state index in [4.69, 9.17) is 4.74 Å². The van der Waals surface area contributed by atoms with Crippen LogP contribution in [-0.4, -0.2) is 67.1 Å². The molecule has 11 nitrogen and oxygen atoms in total. The molecule has 0 aliphatic carbocycles. The van der Waals surface area contributed by atoms with Crippen molar-refractivity contribution < 1.29 is 24.5 Å². The number of ether oxygens (including phenoxy) is 1. The molecule has 3 aromatic rings. The smallest absolute Gasteiger partial charge is 0.407 e. The molecule has 4 rings (SSSR count). The Kier molecular flexibility index (Phi) is 6.22. The molecule has 1 aliphatic heterocycles. The molecule has 0 bridgehead atoms. The SMILES string of the molecule is COc1cc2c(cc1C(=O)Nc1cccc(-c3nncn3[C@H](C)CO)n1)CN(C(=O)O)CC2. The molecule has 172 valence electrons. The number of carbonyl (C=O) groups is 2. The van der Waals surface area contributed by atoms with E-state index in [9.17, 15) is 19.8 Å². The van der Waals surface area contributed by atoms with E-state index < -0.39 is 12.0 Å². The largest absolute Gasteiger partial charge is 0.496 e. The van der Waals surface area contributed by atoms with Crippen LogP contribution in [0.5, 0.6) is 5.75 Å². The third-order valence-corrected chi connectivity index (χ3v) is 5.58. The molecule has 2 amide bonds. The molecule has 0 unspecified atom stereocenters. The van der Waals surface area contributed by atoms with Gasteiger partial charge in [0.1, 0.15) is 23.6 Å². The average molecular weight is 452 g/mol. The number of nitrogens with zero attached hydrogens (tertiary/aromatic N) is 5. The predicted octanol–water partition coefficient (Wildman–Crippen LogP) is 2.19. The topological polar surface area (TPSA) is 143 Å². The Balaban J connectivity index is 1.61. The van der Waals surface area contributed by atoms with E-state index in [-0.39, 0.29) is 24.8 Å². The minimum absolute atomic E-state index is 0.0844. The lowest BCUT2D eigenvalue weighted by Crippen LogP contribution is -2.35. The first-order chi connectivity index (χ1) is 15.9. The quantitative estimate of drug-likeness (QED) is 0.517. The molecule has 0 fully saturated rings. The fourth-order valence-corrected chi connectivity index (χ4v) is 3.75. The predicted molar refractivity (Wildman–Crippen MR) is 118 cm³/mol. The number of hydrogen-bond donors (Lipinski definition) is 3. The summed E-state index contributed by atoms with van der Waals surface area (Å²) in [6, 6.07) is 8.33. The average Bonchev–Trinajstić information content (AvgIpc) is 3.32. The van der Waals surface area contributed by atoms with Crippen LogP contribution in [0.15, 0.2) is 36.7 Å². The van der Waals surface area contributed by atoms with Crippen LogP contribution in [0.2, 0.25) is 0 Å². The molecule has 1 atom stereocenters. The zero-order chi connectivity index (χ0) is 23.5. The van der Waals surface area contributed by atoms with Crippen molar-refractivity contribution >= 4 is 17.8 Å². The van der Waals surface area contributed by atoms with Gasteiger partial charge < -0.3 is 29.7 Å². The van der Waals surface area contributed by atoms with Crippen LogP contribution >= 0.6 is 0 Å². The lowest BCUT2D eigenvalue weighted by atomic mass is 9.96. The molecule has 1 aromatic carbocycles. The second-order valence-electron chi connectivity index (χ2n) is 7.73. The van der Waals surface area contributed by atoms with Gasteiger partial charge in [0.15, 0.2) is 5.82 Å². The van der Waals surface area contributed by atoms with E-state index in [1.54, 1.807) is 34.9 Å². The molecule has 11 heteroatoms. The van der Waals surface area contributed by atoms with E-state index in [0.717, 1.165) is 11.1 Å². The summed E-state index contributed by atoms with van der Waals surface area (Å²) in [5.74, 6) is 0.739. The van der Waals surface area contributed by atoms with Crippen molar-refractivity contribution in [3.05, 3.63) is 53.3 Å². The van der Waals surface area contributed by atoms with Crippen molar-refractivity contribution in [3.8, 4) is 17.3 Å². The minimum Gasteiger partial charge on any atom is -0.496 e. The summed E-state index contributed by atoms with van der Waals surface area (Å²) in [5, 5.41) is 29.5.